The minimum atomic E-state index is -3.63. The molecule has 7 nitrogen and oxygen atoms in total. The zero-order chi connectivity index (χ0) is 23.8. The average molecular weight is 493 g/mol. The van der Waals surface area contributed by atoms with Crippen molar-refractivity contribution in [3.05, 3.63) is 59.2 Å². The molecule has 0 radical (unpaired) electrons. The lowest BCUT2D eigenvalue weighted by molar-refractivity contribution is 0.586. The molecule has 1 heterocycles. The molecule has 2 aromatic carbocycles. The SMILES string of the molecule is Cc1cc(P(C)(C)=O)ccc1N(c1ncc(Cl)c(N)n1)c1ccccc1S(=O)(=O)C(C)C. The largest absolute Gasteiger partial charge is 0.382 e. The van der Waals surface area contributed by atoms with E-state index in [1.165, 1.54) is 6.20 Å². The van der Waals surface area contributed by atoms with Crippen LogP contribution in [0.4, 0.5) is 23.1 Å². The van der Waals surface area contributed by atoms with Crippen LogP contribution in [0.15, 0.2) is 53.6 Å². The van der Waals surface area contributed by atoms with Crippen molar-refractivity contribution in [3.63, 3.8) is 0 Å². The molecule has 0 aliphatic heterocycles. The lowest BCUT2D eigenvalue weighted by Gasteiger charge is -2.28. The van der Waals surface area contributed by atoms with Crippen LogP contribution in [0.3, 0.4) is 0 Å². The summed E-state index contributed by atoms with van der Waals surface area (Å²) in [7, 11) is -6.12. The van der Waals surface area contributed by atoms with Crippen molar-refractivity contribution in [1.29, 1.82) is 0 Å². The lowest BCUT2D eigenvalue weighted by Crippen LogP contribution is -2.21. The van der Waals surface area contributed by atoms with Crippen LogP contribution in [0.1, 0.15) is 19.4 Å². The van der Waals surface area contributed by atoms with Gasteiger partial charge in [-0.2, -0.15) is 4.98 Å². The number of aryl methyl sites for hydroxylation is 1. The first-order valence-electron chi connectivity index (χ1n) is 9.91. The van der Waals surface area contributed by atoms with Gasteiger partial charge in [0.1, 0.15) is 18.0 Å². The van der Waals surface area contributed by atoms with E-state index in [1.54, 1.807) is 68.5 Å². The van der Waals surface area contributed by atoms with Gasteiger partial charge in [0, 0.05) is 5.30 Å². The maximum absolute atomic E-state index is 13.2. The van der Waals surface area contributed by atoms with Crippen molar-refractivity contribution < 1.29 is 13.0 Å². The van der Waals surface area contributed by atoms with Crippen LogP contribution in [-0.2, 0) is 14.4 Å². The molecule has 0 unspecified atom stereocenters. The first kappa shape index (κ1) is 24.2. The fraction of sp³-hybridized carbons (Fsp3) is 0.273. The van der Waals surface area contributed by atoms with Gasteiger partial charge >= 0.3 is 0 Å². The Morgan fingerprint density at radius 3 is 2.31 bits per heavy atom. The molecule has 3 rings (SSSR count). The molecule has 3 aromatic rings. The van der Waals surface area contributed by atoms with Crippen LogP contribution in [0.2, 0.25) is 5.02 Å². The molecule has 0 aliphatic rings. The molecule has 0 fully saturated rings. The Kier molecular flexibility index (Phi) is 6.70. The predicted molar refractivity (Wildman–Crippen MR) is 132 cm³/mol. The molecule has 170 valence electrons. The molecule has 0 atom stereocenters. The van der Waals surface area contributed by atoms with E-state index in [-0.39, 0.29) is 21.7 Å². The molecule has 1 aromatic heterocycles. The van der Waals surface area contributed by atoms with Gasteiger partial charge in [0.2, 0.25) is 5.95 Å². The molecular formula is C22H26ClN4O3PS. The van der Waals surface area contributed by atoms with Crippen LogP contribution in [0.5, 0.6) is 0 Å². The van der Waals surface area contributed by atoms with Crippen molar-refractivity contribution >= 4 is 57.0 Å². The van der Waals surface area contributed by atoms with Crippen molar-refractivity contribution in [2.75, 3.05) is 24.0 Å². The van der Waals surface area contributed by atoms with Crippen molar-refractivity contribution in [2.45, 2.75) is 30.9 Å². The Morgan fingerprint density at radius 2 is 1.75 bits per heavy atom. The van der Waals surface area contributed by atoms with Crippen LogP contribution >= 0.6 is 18.7 Å². The minimum Gasteiger partial charge on any atom is -0.382 e. The first-order chi connectivity index (χ1) is 14.8. The molecule has 10 heteroatoms. The van der Waals surface area contributed by atoms with Gasteiger partial charge in [0.15, 0.2) is 9.84 Å². The van der Waals surface area contributed by atoms with Crippen molar-refractivity contribution in [2.24, 2.45) is 0 Å². The fourth-order valence-electron chi connectivity index (χ4n) is 3.19. The second-order valence-corrected chi connectivity index (χ2v) is 14.2. The lowest BCUT2D eigenvalue weighted by atomic mass is 10.1. The van der Waals surface area contributed by atoms with Crippen molar-refractivity contribution in [1.82, 2.24) is 9.97 Å². The second-order valence-electron chi connectivity index (χ2n) is 8.12. The Hall–Kier alpha value is -2.41. The van der Waals surface area contributed by atoms with Crippen molar-refractivity contribution in [3.8, 4) is 0 Å². The van der Waals surface area contributed by atoms with E-state index in [0.29, 0.717) is 11.4 Å². The van der Waals surface area contributed by atoms with E-state index in [1.807, 2.05) is 13.0 Å². The van der Waals surface area contributed by atoms with Gasteiger partial charge in [-0.3, -0.25) is 4.90 Å². The number of sulfone groups is 1. The third-order valence-corrected chi connectivity index (χ3v) is 9.05. The highest BCUT2D eigenvalue weighted by atomic mass is 35.5. The zero-order valence-corrected chi connectivity index (χ0v) is 21.0. The zero-order valence-electron chi connectivity index (χ0n) is 18.6. The number of benzene rings is 2. The Bertz CT molecular complexity index is 1320. The van der Waals surface area contributed by atoms with E-state index in [4.69, 9.17) is 17.3 Å². The Morgan fingerprint density at radius 1 is 1.09 bits per heavy atom. The van der Waals surface area contributed by atoms with E-state index in [9.17, 15) is 13.0 Å². The van der Waals surface area contributed by atoms with E-state index in [0.717, 1.165) is 10.9 Å². The summed E-state index contributed by atoms with van der Waals surface area (Å²) < 4.78 is 38.9. The third kappa shape index (κ3) is 4.68. The molecule has 0 aliphatic carbocycles. The topological polar surface area (TPSA) is 106 Å². The molecule has 0 saturated heterocycles. The molecule has 0 amide bonds. The highest BCUT2D eigenvalue weighted by Crippen LogP contribution is 2.41. The normalized spacial score (nSPS) is 12.2. The number of rotatable bonds is 6. The average Bonchev–Trinajstić information content (AvgIpc) is 2.71. The Labute approximate surface area is 193 Å². The number of aromatic nitrogens is 2. The number of hydrogen-bond donors (Lipinski definition) is 1. The fourth-order valence-corrected chi connectivity index (χ4v) is 5.44. The Balaban J connectivity index is 2.35. The number of nitrogens with zero attached hydrogens (tertiary/aromatic N) is 3. The number of hydrogen-bond acceptors (Lipinski definition) is 7. The van der Waals surface area contributed by atoms with Crippen LogP contribution in [-0.4, -0.2) is 37.0 Å². The van der Waals surface area contributed by atoms with Gasteiger partial charge in [-0.05, 0) is 70.0 Å². The first-order valence-corrected chi connectivity index (χ1v) is 14.4. The van der Waals surface area contributed by atoms with Gasteiger partial charge in [0.25, 0.3) is 0 Å². The summed E-state index contributed by atoms with van der Waals surface area (Å²) in [5.41, 5.74) is 7.74. The summed E-state index contributed by atoms with van der Waals surface area (Å²) in [5.74, 6) is 0.247. The third-order valence-electron chi connectivity index (χ3n) is 5.03. The van der Waals surface area contributed by atoms with Gasteiger partial charge in [-0.1, -0.05) is 23.7 Å². The van der Waals surface area contributed by atoms with Crippen LogP contribution in [0.25, 0.3) is 0 Å². The maximum atomic E-state index is 13.2. The second kappa shape index (κ2) is 8.85. The number of halogens is 1. The standard InChI is InChI=1S/C22H26ClN4O3PS/c1-14(2)32(29,30)20-9-7-6-8-19(20)27(22-25-13-17(23)21(24)26-22)18-11-10-16(12-15(18)3)31(4,5)28/h6-14H,1-5H3,(H2,24,25,26). The molecule has 0 spiro atoms. The minimum absolute atomic E-state index is 0.0757. The molecule has 0 bridgehead atoms. The van der Waals surface area contributed by atoms with Crippen LogP contribution in [0, 0.1) is 6.92 Å². The maximum Gasteiger partial charge on any atom is 0.236 e. The van der Waals surface area contributed by atoms with E-state index < -0.39 is 22.2 Å². The summed E-state index contributed by atoms with van der Waals surface area (Å²) in [6, 6.07) is 12.1. The quantitative estimate of drug-likeness (QED) is 0.486. The molecule has 0 saturated carbocycles. The van der Waals surface area contributed by atoms with E-state index in [2.05, 4.69) is 9.97 Å². The number of anilines is 4. The number of nitrogen functional groups attached to an aromatic ring is 1. The van der Waals surface area contributed by atoms with E-state index >= 15 is 0 Å². The summed E-state index contributed by atoms with van der Waals surface area (Å²) in [6.45, 7) is 8.53. The monoisotopic (exact) mass is 492 g/mol. The van der Waals surface area contributed by atoms with Crippen LogP contribution < -0.4 is 15.9 Å². The number of nitrogens with two attached hydrogens (primary N) is 1. The highest BCUT2D eigenvalue weighted by molar-refractivity contribution is 7.92. The summed E-state index contributed by atoms with van der Waals surface area (Å²) in [4.78, 5) is 10.4. The molecule has 32 heavy (non-hydrogen) atoms. The number of para-hydroxylation sites is 1. The molecular weight excluding hydrogens is 467 g/mol. The summed E-state index contributed by atoms with van der Waals surface area (Å²) in [6.07, 6.45) is 1.38. The van der Waals surface area contributed by atoms with Gasteiger partial charge in [-0.15, -0.1) is 0 Å². The van der Waals surface area contributed by atoms with Gasteiger partial charge < -0.3 is 10.3 Å². The summed E-state index contributed by atoms with van der Waals surface area (Å²) in [5, 5.41) is 0.288. The summed E-state index contributed by atoms with van der Waals surface area (Å²) >= 11 is 6.03. The predicted octanol–water partition coefficient (Wildman–Crippen LogP) is 4.92. The van der Waals surface area contributed by atoms with Gasteiger partial charge in [0.05, 0.1) is 27.7 Å². The molecule has 2 N–H and O–H groups in total. The highest BCUT2D eigenvalue weighted by Gasteiger charge is 2.28. The smallest absolute Gasteiger partial charge is 0.236 e. The van der Waals surface area contributed by atoms with Gasteiger partial charge in [-0.25, -0.2) is 13.4 Å².